The van der Waals surface area contributed by atoms with Crippen molar-refractivity contribution in [3.63, 3.8) is 0 Å². The van der Waals surface area contributed by atoms with Gasteiger partial charge in [0.05, 0.1) is 0 Å². The van der Waals surface area contributed by atoms with Crippen LogP contribution in [0.3, 0.4) is 0 Å². The van der Waals surface area contributed by atoms with E-state index in [1.165, 1.54) is 25.7 Å². The first kappa shape index (κ1) is 10.4. The molecular formula is C11H16Zr. The van der Waals surface area contributed by atoms with E-state index in [2.05, 4.69) is 19.9 Å². The zero-order valence-electron chi connectivity index (χ0n) is 7.98. The second kappa shape index (κ2) is 4.05. The van der Waals surface area contributed by atoms with Gasteiger partial charge in [0.1, 0.15) is 0 Å². The molecule has 0 spiro atoms. The van der Waals surface area contributed by atoms with Gasteiger partial charge < -0.3 is 0 Å². The Hall–Kier alpha value is 0.363. The summed E-state index contributed by atoms with van der Waals surface area (Å²) in [4.78, 5) is 0. The standard InChI is InChI=1S/C11H16.Zr/c1-8-7-9(2)11-6-4-3-5-10(8)11;/h7-8H,3-6H2,1-2H3;. The molecule has 2 rings (SSSR count). The second-order valence-electron chi connectivity index (χ2n) is 3.85. The van der Waals surface area contributed by atoms with Gasteiger partial charge in [-0.3, -0.25) is 0 Å². The van der Waals surface area contributed by atoms with Crippen molar-refractivity contribution < 1.29 is 26.2 Å². The largest absolute Gasteiger partial charge is 0.0744 e. The zero-order chi connectivity index (χ0) is 7.84. The fraction of sp³-hybridized carbons (Fsp3) is 0.636. The first-order valence-corrected chi connectivity index (χ1v) is 4.70. The molecule has 1 atom stereocenters. The van der Waals surface area contributed by atoms with Crippen molar-refractivity contribution in [2.45, 2.75) is 39.5 Å². The first-order chi connectivity index (χ1) is 5.29. The zero-order valence-corrected chi connectivity index (χ0v) is 10.4. The maximum absolute atomic E-state index is 2.43. The van der Waals surface area contributed by atoms with Gasteiger partial charge in [-0.15, -0.1) is 0 Å². The summed E-state index contributed by atoms with van der Waals surface area (Å²) in [7, 11) is 0. The Balaban J connectivity index is 0.000000720. The molecular weight excluding hydrogens is 223 g/mol. The summed E-state index contributed by atoms with van der Waals surface area (Å²) in [5, 5.41) is 0. The van der Waals surface area contributed by atoms with Gasteiger partial charge in [-0.2, -0.15) is 0 Å². The minimum absolute atomic E-state index is 0. The average Bonchev–Trinajstić information content (AvgIpc) is 2.30. The number of hydrogen-bond acceptors (Lipinski definition) is 0. The molecule has 1 unspecified atom stereocenters. The molecule has 0 fully saturated rings. The SMILES string of the molecule is CC1=CC(C)C2=C1CCCC2.[Zr]. The van der Waals surface area contributed by atoms with Crippen LogP contribution in [-0.2, 0) is 26.2 Å². The van der Waals surface area contributed by atoms with E-state index >= 15 is 0 Å². The van der Waals surface area contributed by atoms with E-state index in [1.807, 2.05) is 0 Å². The van der Waals surface area contributed by atoms with Gasteiger partial charge in [-0.1, -0.05) is 24.1 Å². The third-order valence-corrected chi connectivity index (χ3v) is 3.04. The van der Waals surface area contributed by atoms with Gasteiger partial charge in [-0.05, 0) is 44.1 Å². The van der Waals surface area contributed by atoms with E-state index in [0.29, 0.717) is 0 Å². The van der Waals surface area contributed by atoms with E-state index in [1.54, 1.807) is 16.7 Å². The summed E-state index contributed by atoms with van der Waals surface area (Å²) in [5.74, 6) is 0.755. The second-order valence-corrected chi connectivity index (χ2v) is 3.85. The van der Waals surface area contributed by atoms with Crippen molar-refractivity contribution in [1.82, 2.24) is 0 Å². The minimum Gasteiger partial charge on any atom is -0.0744 e. The van der Waals surface area contributed by atoms with Crippen LogP contribution in [0.1, 0.15) is 39.5 Å². The first-order valence-electron chi connectivity index (χ1n) is 4.70. The smallest absolute Gasteiger partial charge is 0 e. The van der Waals surface area contributed by atoms with E-state index in [-0.39, 0.29) is 26.2 Å². The molecule has 2 aliphatic carbocycles. The van der Waals surface area contributed by atoms with E-state index in [0.717, 1.165) is 5.92 Å². The Bertz CT molecular complexity index is 235. The van der Waals surface area contributed by atoms with Gasteiger partial charge in [0.25, 0.3) is 0 Å². The van der Waals surface area contributed by atoms with Crippen LogP contribution in [0.15, 0.2) is 22.8 Å². The van der Waals surface area contributed by atoms with Crippen LogP contribution < -0.4 is 0 Å². The fourth-order valence-corrected chi connectivity index (χ4v) is 2.46. The van der Waals surface area contributed by atoms with Crippen LogP contribution in [0.25, 0.3) is 0 Å². The van der Waals surface area contributed by atoms with Crippen molar-refractivity contribution in [2.24, 2.45) is 5.92 Å². The number of rotatable bonds is 0. The van der Waals surface area contributed by atoms with Crippen molar-refractivity contribution >= 4 is 0 Å². The van der Waals surface area contributed by atoms with E-state index in [9.17, 15) is 0 Å². The van der Waals surface area contributed by atoms with Crippen molar-refractivity contribution in [2.75, 3.05) is 0 Å². The summed E-state index contributed by atoms with van der Waals surface area (Å²) in [6.07, 6.45) is 7.98. The normalized spacial score (nSPS) is 27.8. The summed E-state index contributed by atoms with van der Waals surface area (Å²) < 4.78 is 0. The molecule has 12 heavy (non-hydrogen) atoms. The molecule has 0 radical (unpaired) electrons. The molecule has 0 bridgehead atoms. The summed E-state index contributed by atoms with van der Waals surface area (Å²) in [5.41, 5.74) is 5.00. The topological polar surface area (TPSA) is 0 Å². The minimum atomic E-state index is 0. The van der Waals surface area contributed by atoms with Crippen LogP contribution in [-0.4, -0.2) is 0 Å². The Morgan fingerprint density at radius 3 is 2.58 bits per heavy atom. The van der Waals surface area contributed by atoms with Crippen LogP contribution in [0.2, 0.25) is 0 Å². The summed E-state index contributed by atoms with van der Waals surface area (Å²) in [6, 6.07) is 0. The molecule has 0 saturated carbocycles. The molecule has 2 aliphatic rings. The van der Waals surface area contributed by atoms with Gasteiger partial charge in [0.2, 0.25) is 0 Å². The molecule has 0 aromatic rings. The predicted octanol–water partition coefficient (Wildman–Crippen LogP) is 3.45. The monoisotopic (exact) mass is 238 g/mol. The van der Waals surface area contributed by atoms with Crippen molar-refractivity contribution in [1.29, 1.82) is 0 Å². The van der Waals surface area contributed by atoms with Gasteiger partial charge in [-0.25, -0.2) is 0 Å². The summed E-state index contributed by atoms with van der Waals surface area (Å²) in [6.45, 7) is 4.60. The molecule has 0 aromatic heterocycles. The Kier molecular flexibility index (Phi) is 3.52. The van der Waals surface area contributed by atoms with E-state index in [4.69, 9.17) is 0 Å². The number of allylic oxidation sites excluding steroid dienone is 4. The molecule has 0 amide bonds. The Morgan fingerprint density at radius 2 is 1.92 bits per heavy atom. The molecule has 0 heterocycles. The molecule has 0 saturated heterocycles. The van der Waals surface area contributed by atoms with Crippen LogP contribution >= 0.6 is 0 Å². The Labute approximate surface area is 94.2 Å². The molecule has 0 aliphatic heterocycles. The van der Waals surface area contributed by atoms with Crippen molar-refractivity contribution in [3.8, 4) is 0 Å². The van der Waals surface area contributed by atoms with Crippen LogP contribution in [0.5, 0.6) is 0 Å². The average molecular weight is 239 g/mol. The maximum atomic E-state index is 2.43. The molecule has 1 heteroatoms. The predicted molar refractivity (Wildman–Crippen MR) is 48.4 cm³/mol. The van der Waals surface area contributed by atoms with Gasteiger partial charge in [0, 0.05) is 26.2 Å². The van der Waals surface area contributed by atoms with Crippen molar-refractivity contribution in [3.05, 3.63) is 22.8 Å². The number of hydrogen-bond donors (Lipinski definition) is 0. The van der Waals surface area contributed by atoms with E-state index < -0.39 is 0 Å². The van der Waals surface area contributed by atoms with Crippen LogP contribution in [0, 0.1) is 5.92 Å². The molecule has 0 aromatic carbocycles. The summed E-state index contributed by atoms with van der Waals surface area (Å²) >= 11 is 0. The van der Waals surface area contributed by atoms with Crippen LogP contribution in [0.4, 0.5) is 0 Å². The Morgan fingerprint density at radius 1 is 1.25 bits per heavy atom. The van der Waals surface area contributed by atoms with Gasteiger partial charge in [0.15, 0.2) is 0 Å². The molecule has 64 valence electrons. The molecule has 0 nitrogen and oxygen atoms in total. The maximum Gasteiger partial charge on any atom is 0 e. The molecule has 0 N–H and O–H groups in total. The quantitative estimate of drug-likeness (QED) is 0.607. The third kappa shape index (κ3) is 1.66. The van der Waals surface area contributed by atoms with Gasteiger partial charge >= 0.3 is 0 Å². The third-order valence-electron chi connectivity index (χ3n) is 3.04. The fourth-order valence-electron chi connectivity index (χ4n) is 2.46.